The number of rotatable bonds is 5. The van der Waals surface area contributed by atoms with E-state index in [-0.39, 0.29) is 0 Å². The number of nitrogens with zero attached hydrogens (tertiary/aromatic N) is 1. The number of nitrogens with one attached hydrogen (secondary N) is 1. The van der Waals surface area contributed by atoms with Crippen molar-refractivity contribution >= 4 is 22.4 Å². The van der Waals surface area contributed by atoms with Gasteiger partial charge in [0.05, 0.1) is 5.56 Å². The van der Waals surface area contributed by atoms with Gasteiger partial charge in [-0.15, -0.1) is 11.3 Å². The predicted molar refractivity (Wildman–Crippen MR) is 76.9 cm³/mol. The Hall–Kier alpha value is -1.88. The number of carboxylic acids is 1. The molecule has 4 nitrogen and oxygen atoms in total. The summed E-state index contributed by atoms with van der Waals surface area (Å²) in [6.07, 6.45) is 1.89. The van der Waals surface area contributed by atoms with Crippen molar-refractivity contribution in [1.29, 1.82) is 0 Å². The van der Waals surface area contributed by atoms with E-state index >= 15 is 0 Å². The summed E-state index contributed by atoms with van der Waals surface area (Å²) in [4.78, 5) is 16.3. The lowest BCUT2D eigenvalue weighted by Gasteiger charge is -2.03. The Morgan fingerprint density at radius 2 is 2.05 bits per heavy atom. The SMILES string of the molecule is CC(C)c1cnc(NCc2ccc(C(=O)O)cc2)s1. The number of aromatic nitrogens is 1. The maximum Gasteiger partial charge on any atom is 0.335 e. The second-order valence-corrected chi connectivity index (χ2v) is 5.64. The molecule has 1 aromatic heterocycles. The number of thiazole rings is 1. The van der Waals surface area contributed by atoms with Gasteiger partial charge in [0.25, 0.3) is 0 Å². The molecule has 0 saturated heterocycles. The minimum absolute atomic E-state index is 0.306. The number of carbonyl (C=O) groups is 1. The summed E-state index contributed by atoms with van der Waals surface area (Å²) in [7, 11) is 0. The molecule has 5 heteroatoms. The zero-order chi connectivity index (χ0) is 13.8. The summed E-state index contributed by atoms with van der Waals surface area (Å²) in [6, 6.07) is 6.85. The van der Waals surface area contributed by atoms with Crippen LogP contribution in [0.3, 0.4) is 0 Å². The molecule has 2 rings (SSSR count). The fourth-order valence-corrected chi connectivity index (χ4v) is 2.39. The maximum atomic E-state index is 10.7. The molecule has 2 N–H and O–H groups in total. The highest BCUT2D eigenvalue weighted by molar-refractivity contribution is 7.15. The molecule has 0 bridgehead atoms. The van der Waals surface area contributed by atoms with Gasteiger partial charge in [-0.3, -0.25) is 0 Å². The van der Waals surface area contributed by atoms with Gasteiger partial charge in [0.1, 0.15) is 0 Å². The number of hydrogen-bond donors (Lipinski definition) is 2. The first kappa shape index (κ1) is 13.5. The molecule has 0 saturated carbocycles. The van der Waals surface area contributed by atoms with Gasteiger partial charge in [-0.05, 0) is 23.6 Å². The maximum absolute atomic E-state index is 10.7. The molecular weight excluding hydrogens is 260 g/mol. The van der Waals surface area contributed by atoms with Gasteiger partial charge >= 0.3 is 5.97 Å². The van der Waals surface area contributed by atoms with Crippen LogP contribution in [0.25, 0.3) is 0 Å². The highest BCUT2D eigenvalue weighted by Gasteiger charge is 2.05. The standard InChI is InChI=1S/C14H16N2O2S/c1-9(2)12-8-16-14(19-12)15-7-10-3-5-11(6-4-10)13(17)18/h3-6,8-9H,7H2,1-2H3,(H,15,16)(H,17,18). The van der Waals surface area contributed by atoms with E-state index in [1.807, 2.05) is 18.3 Å². The average molecular weight is 276 g/mol. The lowest BCUT2D eigenvalue weighted by Crippen LogP contribution is -2.00. The molecule has 0 atom stereocenters. The van der Waals surface area contributed by atoms with Gasteiger partial charge < -0.3 is 10.4 Å². The molecule has 1 aromatic carbocycles. The highest BCUT2D eigenvalue weighted by atomic mass is 32.1. The largest absolute Gasteiger partial charge is 0.478 e. The minimum atomic E-state index is -0.902. The Morgan fingerprint density at radius 1 is 1.37 bits per heavy atom. The molecule has 0 aliphatic carbocycles. The van der Waals surface area contributed by atoms with Gasteiger partial charge in [0.15, 0.2) is 5.13 Å². The third-order valence-corrected chi connectivity index (χ3v) is 3.99. The van der Waals surface area contributed by atoms with E-state index in [1.54, 1.807) is 23.5 Å². The van der Waals surface area contributed by atoms with Crippen molar-refractivity contribution in [2.75, 3.05) is 5.32 Å². The van der Waals surface area contributed by atoms with E-state index in [4.69, 9.17) is 5.11 Å². The van der Waals surface area contributed by atoms with Crippen LogP contribution in [0.15, 0.2) is 30.5 Å². The molecule has 0 aliphatic heterocycles. The third-order valence-electron chi connectivity index (χ3n) is 2.74. The van der Waals surface area contributed by atoms with Crippen LogP contribution in [0.4, 0.5) is 5.13 Å². The molecule has 100 valence electrons. The van der Waals surface area contributed by atoms with Crippen molar-refractivity contribution in [3.63, 3.8) is 0 Å². The smallest absolute Gasteiger partial charge is 0.335 e. The van der Waals surface area contributed by atoms with Crippen molar-refractivity contribution in [3.8, 4) is 0 Å². The summed E-state index contributed by atoms with van der Waals surface area (Å²) in [6.45, 7) is 4.93. The lowest BCUT2D eigenvalue weighted by molar-refractivity contribution is 0.0697. The predicted octanol–water partition coefficient (Wildman–Crippen LogP) is 3.58. The first-order valence-corrected chi connectivity index (χ1v) is 6.89. The molecule has 0 fully saturated rings. The van der Waals surface area contributed by atoms with E-state index < -0.39 is 5.97 Å². The van der Waals surface area contributed by atoms with Crippen LogP contribution in [-0.2, 0) is 6.54 Å². The van der Waals surface area contributed by atoms with Gasteiger partial charge in [-0.2, -0.15) is 0 Å². The van der Waals surface area contributed by atoms with Crippen LogP contribution in [0.1, 0.15) is 40.6 Å². The van der Waals surface area contributed by atoms with E-state index in [1.165, 1.54) is 4.88 Å². The Balaban J connectivity index is 1.96. The zero-order valence-electron chi connectivity index (χ0n) is 10.9. The van der Waals surface area contributed by atoms with E-state index in [2.05, 4.69) is 24.1 Å². The molecule has 0 radical (unpaired) electrons. The molecule has 0 aliphatic rings. The van der Waals surface area contributed by atoms with Crippen LogP contribution in [0.2, 0.25) is 0 Å². The first-order valence-electron chi connectivity index (χ1n) is 6.08. The summed E-state index contributed by atoms with van der Waals surface area (Å²) in [5.74, 6) is -0.413. The third kappa shape index (κ3) is 3.54. The highest BCUT2D eigenvalue weighted by Crippen LogP contribution is 2.25. The Morgan fingerprint density at radius 3 is 2.58 bits per heavy atom. The van der Waals surface area contributed by atoms with Crippen molar-refractivity contribution in [2.45, 2.75) is 26.3 Å². The topological polar surface area (TPSA) is 62.2 Å². The number of aromatic carboxylic acids is 1. The zero-order valence-corrected chi connectivity index (χ0v) is 11.7. The summed E-state index contributed by atoms with van der Waals surface area (Å²) < 4.78 is 0. The van der Waals surface area contributed by atoms with E-state index in [9.17, 15) is 4.79 Å². The normalized spacial score (nSPS) is 10.7. The van der Waals surface area contributed by atoms with Gasteiger partial charge in [-0.1, -0.05) is 26.0 Å². The van der Waals surface area contributed by atoms with Crippen LogP contribution in [0, 0.1) is 0 Å². The number of anilines is 1. The molecule has 2 aromatic rings. The van der Waals surface area contributed by atoms with Gasteiger partial charge in [-0.25, -0.2) is 9.78 Å². The van der Waals surface area contributed by atoms with Crippen molar-refractivity contribution < 1.29 is 9.90 Å². The monoisotopic (exact) mass is 276 g/mol. The second kappa shape index (κ2) is 5.84. The average Bonchev–Trinajstić information content (AvgIpc) is 2.86. The van der Waals surface area contributed by atoms with Crippen LogP contribution >= 0.6 is 11.3 Å². The lowest BCUT2D eigenvalue weighted by atomic mass is 10.1. The summed E-state index contributed by atoms with van der Waals surface area (Å²) in [5.41, 5.74) is 1.34. The molecule has 0 amide bonds. The van der Waals surface area contributed by atoms with E-state index in [0.717, 1.165) is 10.7 Å². The second-order valence-electron chi connectivity index (χ2n) is 4.58. The summed E-state index contributed by atoms with van der Waals surface area (Å²) in [5, 5.41) is 13.0. The van der Waals surface area contributed by atoms with Crippen LogP contribution < -0.4 is 5.32 Å². The summed E-state index contributed by atoms with van der Waals surface area (Å²) >= 11 is 1.65. The van der Waals surface area contributed by atoms with Crippen molar-refractivity contribution in [2.24, 2.45) is 0 Å². The quantitative estimate of drug-likeness (QED) is 0.876. The Kier molecular flexibility index (Phi) is 4.16. The van der Waals surface area contributed by atoms with E-state index in [0.29, 0.717) is 18.0 Å². The minimum Gasteiger partial charge on any atom is -0.478 e. The number of hydrogen-bond acceptors (Lipinski definition) is 4. The van der Waals surface area contributed by atoms with Crippen molar-refractivity contribution in [1.82, 2.24) is 4.98 Å². The molecule has 19 heavy (non-hydrogen) atoms. The first-order chi connectivity index (χ1) is 9.06. The fourth-order valence-electron chi connectivity index (χ4n) is 1.58. The van der Waals surface area contributed by atoms with Gasteiger partial charge in [0.2, 0.25) is 0 Å². The number of benzene rings is 1. The molecule has 0 spiro atoms. The Bertz CT molecular complexity index is 561. The van der Waals surface area contributed by atoms with Crippen LogP contribution in [0.5, 0.6) is 0 Å². The Labute approximate surface area is 116 Å². The fraction of sp³-hybridized carbons (Fsp3) is 0.286. The molecular formula is C14H16N2O2S. The van der Waals surface area contributed by atoms with Gasteiger partial charge in [0, 0.05) is 17.6 Å². The number of carboxylic acid groups (broad SMARTS) is 1. The molecule has 0 unspecified atom stereocenters. The van der Waals surface area contributed by atoms with Crippen LogP contribution in [-0.4, -0.2) is 16.1 Å². The van der Waals surface area contributed by atoms with Crippen molar-refractivity contribution in [3.05, 3.63) is 46.5 Å². The molecule has 1 heterocycles.